The third kappa shape index (κ3) is 5.11. The van der Waals surface area contributed by atoms with Crippen molar-refractivity contribution in [1.29, 1.82) is 0 Å². The van der Waals surface area contributed by atoms with Gasteiger partial charge in [-0.3, -0.25) is 5.32 Å². The van der Waals surface area contributed by atoms with Gasteiger partial charge in [-0.05, 0) is 43.9 Å². The molecule has 158 valence electrons. The van der Waals surface area contributed by atoms with Crippen LogP contribution in [0.3, 0.4) is 0 Å². The zero-order valence-electron chi connectivity index (χ0n) is 17.1. The van der Waals surface area contributed by atoms with Crippen LogP contribution in [0.25, 0.3) is 0 Å². The first kappa shape index (κ1) is 20.7. The molecule has 3 heterocycles. The lowest BCUT2D eigenvalue weighted by Gasteiger charge is -2.30. The molecule has 0 saturated carbocycles. The van der Waals surface area contributed by atoms with Crippen molar-refractivity contribution in [2.75, 3.05) is 28.6 Å². The highest BCUT2D eigenvalue weighted by Gasteiger charge is 2.17. The molecule has 0 bridgehead atoms. The van der Waals surface area contributed by atoms with Crippen LogP contribution in [0.4, 0.5) is 21.3 Å². The predicted molar refractivity (Wildman–Crippen MR) is 123 cm³/mol. The lowest BCUT2D eigenvalue weighted by molar-refractivity contribution is 0.262. The molecule has 8 nitrogen and oxygen atoms in total. The Morgan fingerprint density at radius 3 is 2.83 bits per heavy atom. The van der Waals surface area contributed by atoms with Crippen LogP contribution in [0.1, 0.15) is 29.7 Å². The molecule has 0 unspecified atom stereocenters. The van der Waals surface area contributed by atoms with Crippen molar-refractivity contribution < 1.29 is 4.79 Å². The van der Waals surface area contributed by atoms with E-state index in [9.17, 15) is 4.79 Å². The van der Waals surface area contributed by atoms with Gasteiger partial charge in [-0.1, -0.05) is 17.8 Å². The van der Waals surface area contributed by atoms with Crippen molar-refractivity contribution in [2.24, 2.45) is 7.05 Å². The first-order valence-corrected chi connectivity index (χ1v) is 11.7. The molecule has 2 amide bonds. The number of rotatable bonds is 6. The van der Waals surface area contributed by atoms with E-state index >= 15 is 0 Å². The maximum Gasteiger partial charge on any atom is 0.325 e. The SMILES string of the molecule is Cc1ccc(NC(=O)Nc2ncc(CSc3nncn3C)s2)c(N2CCCCC2)c1. The van der Waals surface area contributed by atoms with Crippen molar-refractivity contribution in [3.05, 3.63) is 41.2 Å². The number of carbonyl (C=O) groups is 1. The molecule has 1 aliphatic heterocycles. The third-order valence-corrected chi connectivity index (χ3v) is 7.06. The van der Waals surface area contributed by atoms with Gasteiger partial charge in [-0.25, -0.2) is 9.78 Å². The molecule has 30 heavy (non-hydrogen) atoms. The number of aromatic nitrogens is 4. The van der Waals surface area contributed by atoms with Gasteiger partial charge in [0, 0.05) is 37.0 Å². The van der Waals surface area contributed by atoms with Crippen LogP contribution < -0.4 is 15.5 Å². The Hall–Kier alpha value is -2.59. The second-order valence-corrected chi connectivity index (χ2v) is 9.35. The van der Waals surface area contributed by atoms with Crippen molar-refractivity contribution in [1.82, 2.24) is 19.7 Å². The van der Waals surface area contributed by atoms with Crippen LogP contribution in [0.5, 0.6) is 0 Å². The Bertz CT molecular complexity index is 1010. The van der Waals surface area contributed by atoms with Gasteiger partial charge >= 0.3 is 6.03 Å². The van der Waals surface area contributed by atoms with Crippen molar-refractivity contribution in [2.45, 2.75) is 37.1 Å². The van der Waals surface area contributed by atoms with Crippen LogP contribution >= 0.6 is 23.1 Å². The minimum Gasteiger partial charge on any atom is -0.370 e. The topological polar surface area (TPSA) is 88.0 Å². The van der Waals surface area contributed by atoms with Crippen LogP contribution in [0.15, 0.2) is 35.9 Å². The molecule has 1 fully saturated rings. The number of thioether (sulfide) groups is 1. The number of benzene rings is 1. The quantitative estimate of drug-likeness (QED) is 0.545. The number of hydrogen-bond acceptors (Lipinski definition) is 7. The molecule has 1 aromatic carbocycles. The normalized spacial score (nSPS) is 14.0. The van der Waals surface area contributed by atoms with Crippen molar-refractivity contribution in [3.63, 3.8) is 0 Å². The Morgan fingerprint density at radius 1 is 1.23 bits per heavy atom. The van der Waals surface area contributed by atoms with Crippen molar-refractivity contribution in [3.8, 4) is 0 Å². The third-order valence-electron chi connectivity index (χ3n) is 4.89. The zero-order chi connectivity index (χ0) is 20.9. The molecule has 0 spiro atoms. The van der Waals surface area contributed by atoms with Crippen molar-refractivity contribution >= 4 is 45.6 Å². The minimum atomic E-state index is -0.279. The Labute approximate surface area is 184 Å². The number of thiazole rings is 1. The lowest BCUT2D eigenvalue weighted by Crippen LogP contribution is -2.31. The second-order valence-electron chi connectivity index (χ2n) is 7.29. The summed E-state index contributed by atoms with van der Waals surface area (Å²) in [6, 6.07) is 5.86. The Kier molecular flexibility index (Phi) is 6.53. The van der Waals surface area contributed by atoms with E-state index in [0.29, 0.717) is 5.13 Å². The fourth-order valence-corrected chi connectivity index (χ4v) is 5.08. The molecule has 0 radical (unpaired) electrons. The molecular formula is C20H25N7OS2. The summed E-state index contributed by atoms with van der Waals surface area (Å²) in [5.74, 6) is 0.727. The molecule has 0 atom stereocenters. The minimum absolute atomic E-state index is 0.279. The number of piperidine rings is 1. The standard InChI is InChI=1S/C20H25N7OS2/c1-14-6-7-16(17(10-14)27-8-4-3-5-9-27)23-18(28)24-19-21-11-15(30-19)12-29-20-25-22-13-26(20)2/h6-7,10-11,13H,3-5,8-9,12H2,1-2H3,(H2,21,23,24,28). The number of nitrogens with one attached hydrogen (secondary N) is 2. The monoisotopic (exact) mass is 443 g/mol. The first-order chi connectivity index (χ1) is 14.6. The Morgan fingerprint density at radius 2 is 2.07 bits per heavy atom. The highest BCUT2D eigenvalue weighted by atomic mass is 32.2. The number of aryl methyl sites for hydroxylation is 2. The molecule has 3 aromatic rings. The van der Waals surface area contributed by atoms with E-state index in [1.165, 1.54) is 36.2 Å². The average Bonchev–Trinajstić information content (AvgIpc) is 3.36. The summed E-state index contributed by atoms with van der Waals surface area (Å²) in [6.45, 7) is 4.13. The van der Waals surface area contributed by atoms with Gasteiger partial charge in [0.25, 0.3) is 0 Å². The number of hydrogen-bond donors (Lipinski definition) is 2. The fourth-order valence-electron chi connectivity index (χ4n) is 3.37. The molecule has 2 N–H and O–H groups in total. The summed E-state index contributed by atoms with van der Waals surface area (Å²) in [4.78, 5) is 20.3. The van der Waals surface area contributed by atoms with Gasteiger partial charge < -0.3 is 14.8 Å². The van der Waals surface area contributed by atoms with E-state index in [4.69, 9.17) is 0 Å². The van der Waals surface area contributed by atoms with E-state index in [1.807, 2.05) is 23.7 Å². The van der Waals surface area contributed by atoms with Gasteiger partial charge in [0.15, 0.2) is 10.3 Å². The number of anilines is 3. The zero-order valence-corrected chi connectivity index (χ0v) is 18.7. The van der Waals surface area contributed by atoms with E-state index in [1.54, 1.807) is 24.3 Å². The van der Waals surface area contributed by atoms with Gasteiger partial charge in [-0.2, -0.15) is 0 Å². The first-order valence-electron chi connectivity index (χ1n) is 9.93. The number of urea groups is 1. The van der Waals surface area contributed by atoms with E-state index < -0.39 is 0 Å². The largest absolute Gasteiger partial charge is 0.370 e. The van der Waals surface area contributed by atoms with Gasteiger partial charge in [0.1, 0.15) is 6.33 Å². The molecule has 1 saturated heterocycles. The average molecular weight is 444 g/mol. The summed E-state index contributed by atoms with van der Waals surface area (Å²) in [6.07, 6.45) is 7.11. The highest BCUT2D eigenvalue weighted by molar-refractivity contribution is 7.98. The summed E-state index contributed by atoms with van der Waals surface area (Å²) < 4.78 is 1.87. The predicted octanol–water partition coefficient (Wildman–Crippen LogP) is 4.51. The van der Waals surface area contributed by atoms with Crippen LogP contribution in [0, 0.1) is 6.92 Å². The molecule has 0 aliphatic carbocycles. The van der Waals surface area contributed by atoms with Crippen LogP contribution in [-0.2, 0) is 12.8 Å². The fraction of sp³-hybridized carbons (Fsp3) is 0.400. The summed E-state index contributed by atoms with van der Waals surface area (Å²) in [5, 5.41) is 15.2. The smallest absolute Gasteiger partial charge is 0.325 e. The maximum absolute atomic E-state index is 12.6. The summed E-state index contributed by atoms with van der Waals surface area (Å²) in [5.41, 5.74) is 3.10. The van der Waals surface area contributed by atoms with E-state index in [2.05, 4.69) is 43.7 Å². The second kappa shape index (κ2) is 9.48. The van der Waals surface area contributed by atoms with E-state index in [-0.39, 0.29) is 6.03 Å². The molecule has 2 aromatic heterocycles. The Balaban J connectivity index is 1.37. The molecular weight excluding hydrogens is 418 g/mol. The van der Waals surface area contributed by atoms with Gasteiger partial charge in [0.2, 0.25) is 0 Å². The van der Waals surface area contributed by atoms with Crippen LogP contribution in [-0.4, -0.2) is 38.9 Å². The van der Waals surface area contributed by atoms with E-state index in [0.717, 1.165) is 40.3 Å². The number of carbonyl (C=O) groups excluding carboxylic acids is 1. The van der Waals surface area contributed by atoms with Crippen LogP contribution in [0.2, 0.25) is 0 Å². The lowest BCUT2D eigenvalue weighted by atomic mass is 10.1. The molecule has 1 aliphatic rings. The molecule has 4 rings (SSSR count). The van der Waals surface area contributed by atoms with Gasteiger partial charge in [-0.15, -0.1) is 21.5 Å². The highest BCUT2D eigenvalue weighted by Crippen LogP contribution is 2.30. The summed E-state index contributed by atoms with van der Waals surface area (Å²) in [7, 11) is 1.91. The van der Waals surface area contributed by atoms with Gasteiger partial charge in [0.05, 0.1) is 11.4 Å². The molecule has 10 heteroatoms. The summed E-state index contributed by atoms with van der Waals surface area (Å²) >= 11 is 3.05. The number of nitrogens with zero attached hydrogens (tertiary/aromatic N) is 5. The number of amides is 2. The maximum atomic E-state index is 12.6.